The normalized spacial score (nSPS) is 21.8. The van der Waals surface area contributed by atoms with Crippen LogP contribution in [0.1, 0.15) is 12.8 Å². The topological polar surface area (TPSA) is 25.4 Å². The molecule has 0 unspecified atom stereocenters. The van der Waals surface area contributed by atoms with Crippen LogP contribution in [-0.2, 0) is 0 Å². The van der Waals surface area contributed by atoms with Gasteiger partial charge in [-0.05, 0) is 41.4 Å². The van der Waals surface area contributed by atoms with Gasteiger partial charge in [0.2, 0.25) is 0 Å². The predicted octanol–water partition coefficient (Wildman–Crippen LogP) is 1.77. The highest BCUT2D eigenvalue weighted by Crippen LogP contribution is 2.19. The number of hydrogen-bond donors (Lipinski definition) is 0. The number of pyridine rings is 1. The van der Waals surface area contributed by atoms with Crippen molar-refractivity contribution >= 4 is 23.9 Å². The number of halogens is 1. The molecule has 15 heavy (non-hydrogen) atoms. The molecule has 1 saturated heterocycles. The zero-order valence-corrected chi connectivity index (χ0v) is 9.98. The summed E-state index contributed by atoms with van der Waals surface area (Å²) in [7, 11) is 5.80. The van der Waals surface area contributed by atoms with Crippen LogP contribution in [0.4, 0.5) is 0 Å². The van der Waals surface area contributed by atoms with Gasteiger partial charge in [-0.2, -0.15) is 0 Å². The maximum atomic E-state index is 5.80. The Bertz CT molecular complexity index is 337. The largest absolute Gasteiger partial charge is 0.490 e. The summed E-state index contributed by atoms with van der Waals surface area (Å²) in [6, 6.07) is 2.24. The standard InChI is InChI=1S/C10H12BBrN2O/c11-14-3-1-2-9(14)7-15-10-4-8(12)5-13-6-10/h4-6,9H,1-3,7H2/t9-/m0/s1. The van der Waals surface area contributed by atoms with Gasteiger partial charge in [-0.25, -0.2) is 0 Å². The first-order valence-electron chi connectivity index (χ1n) is 5.00. The summed E-state index contributed by atoms with van der Waals surface area (Å²) >= 11 is 3.35. The Balaban J connectivity index is 1.87. The quantitative estimate of drug-likeness (QED) is 0.780. The summed E-state index contributed by atoms with van der Waals surface area (Å²) in [5, 5.41) is 0. The van der Waals surface area contributed by atoms with Gasteiger partial charge in [0.15, 0.2) is 7.98 Å². The maximum Gasteiger partial charge on any atom is 0.183 e. The third-order valence-electron chi connectivity index (χ3n) is 2.54. The molecule has 2 radical (unpaired) electrons. The van der Waals surface area contributed by atoms with E-state index in [4.69, 9.17) is 12.7 Å². The lowest BCUT2D eigenvalue weighted by molar-refractivity contribution is 0.235. The van der Waals surface area contributed by atoms with E-state index in [9.17, 15) is 0 Å². The Morgan fingerprint density at radius 1 is 1.60 bits per heavy atom. The molecule has 0 aromatic carbocycles. The van der Waals surface area contributed by atoms with Crippen LogP contribution in [0.25, 0.3) is 0 Å². The van der Waals surface area contributed by atoms with Gasteiger partial charge < -0.3 is 9.55 Å². The summed E-state index contributed by atoms with van der Waals surface area (Å²) in [5.41, 5.74) is 0. The molecule has 1 aliphatic heterocycles. The maximum absolute atomic E-state index is 5.80. The molecule has 0 N–H and O–H groups in total. The lowest BCUT2D eigenvalue weighted by atomic mass is 10.2. The van der Waals surface area contributed by atoms with E-state index in [0.29, 0.717) is 12.6 Å². The molecule has 1 aromatic rings. The molecule has 3 nitrogen and oxygen atoms in total. The lowest BCUT2D eigenvalue weighted by Gasteiger charge is -2.20. The average molecular weight is 267 g/mol. The molecule has 78 valence electrons. The molecule has 0 bridgehead atoms. The zero-order valence-electron chi connectivity index (χ0n) is 8.40. The van der Waals surface area contributed by atoms with Crippen LogP contribution in [0, 0.1) is 0 Å². The van der Waals surface area contributed by atoms with Crippen LogP contribution >= 0.6 is 15.9 Å². The van der Waals surface area contributed by atoms with Crippen molar-refractivity contribution in [3.8, 4) is 5.75 Å². The minimum absolute atomic E-state index is 0.337. The van der Waals surface area contributed by atoms with Crippen LogP contribution < -0.4 is 4.74 Å². The van der Waals surface area contributed by atoms with Crippen LogP contribution in [0.15, 0.2) is 22.9 Å². The molecule has 1 aromatic heterocycles. The van der Waals surface area contributed by atoms with Crippen LogP contribution in [0.2, 0.25) is 0 Å². The Morgan fingerprint density at radius 3 is 3.13 bits per heavy atom. The minimum Gasteiger partial charge on any atom is -0.490 e. The van der Waals surface area contributed by atoms with E-state index in [1.54, 1.807) is 12.4 Å². The van der Waals surface area contributed by atoms with Gasteiger partial charge in [-0.1, -0.05) is 0 Å². The monoisotopic (exact) mass is 266 g/mol. The summed E-state index contributed by atoms with van der Waals surface area (Å²) in [4.78, 5) is 5.88. The number of rotatable bonds is 3. The molecule has 2 rings (SSSR count). The molecule has 0 spiro atoms. The van der Waals surface area contributed by atoms with Crippen LogP contribution in [0.5, 0.6) is 5.75 Å². The van der Waals surface area contributed by atoms with Gasteiger partial charge in [0, 0.05) is 16.7 Å². The fraction of sp³-hybridized carbons (Fsp3) is 0.500. The first kappa shape index (κ1) is 11.0. The predicted molar refractivity (Wildman–Crippen MR) is 62.9 cm³/mol. The second kappa shape index (κ2) is 4.99. The Morgan fingerprint density at radius 2 is 2.47 bits per heavy atom. The van der Waals surface area contributed by atoms with Gasteiger partial charge in [0.25, 0.3) is 0 Å². The average Bonchev–Trinajstić information content (AvgIpc) is 2.61. The van der Waals surface area contributed by atoms with Gasteiger partial charge in [0.1, 0.15) is 12.4 Å². The van der Waals surface area contributed by atoms with Gasteiger partial charge >= 0.3 is 0 Å². The highest BCUT2D eigenvalue weighted by molar-refractivity contribution is 9.10. The molecule has 0 aliphatic carbocycles. The van der Waals surface area contributed by atoms with E-state index < -0.39 is 0 Å². The van der Waals surface area contributed by atoms with Crippen LogP contribution in [0.3, 0.4) is 0 Å². The van der Waals surface area contributed by atoms with Gasteiger partial charge in [-0.3, -0.25) is 4.98 Å². The molecule has 0 amide bonds. The van der Waals surface area contributed by atoms with Crippen molar-refractivity contribution in [2.75, 3.05) is 13.2 Å². The molecule has 2 heterocycles. The van der Waals surface area contributed by atoms with E-state index in [-0.39, 0.29) is 0 Å². The first-order valence-corrected chi connectivity index (χ1v) is 5.80. The Labute approximate surface area is 99.4 Å². The molecule has 1 atom stereocenters. The third kappa shape index (κ3) is 2.95. The van der Waals surface area contributed by atoms with Crippen molar-refractivity contribution in [2.45, 2.75) is 18.9 Å². The molecular weight excluding hydrogens is 255 g/mol. The third-order valence-corrected chi connectivity index (χ3v) is 2.98. The number of hydrogen-bond acceptors (Lipinski definition) is 3. The first-order chi connectivity index (χ1) is 7.25. The SMILES string of the molecule is [B]N1CCC[C@H]1COc1cncc(Br)c1. The molecule has 5 heteroatoms. The zero-order chi connectivity index (χ0) is 10.7. The van der Waals surface area contributed by atoms with Gasteiger partial charge in [-0.15, -0.1) is 0 Å². The van der Waals surface area contributed by atoms with Crippen molar-refractivity contribution in [3.63, 3.8) is 0 Å². The highest BCUT2D eigenvalue weighted by atomic mass is 79.9. The van der Waals surface area contributed by atoms with Crippen molar-refractivity contribution in [2.24, 2.45) is 0 Å². The van der Waals surface area contributed by atoms with E-state index in [1.807, 2.05) is 10.9 Å². The lowest BCUT2D eigenvalue weighted by Crippen LogP contribution is -2.31. The molecule has 1 fully saturated rings. The highest BCUT2D eigenvalue weighted by Gasteiger charge is 2.20. The van der Waals surface area contributed by atoms with Crippen molar-refractivity contribution < 1.29 is 4.74 Å². The number of nitrogens with zero attached hydrogens (tertiary/aromatic N) is 2. The number of ether oxygens (including phenoxy) is 1. The fourth-order valence-electron chi connectivity index (χ4n) is 1.70. The van der Waals surface area contributed by atoms with E-state index in [0.717, 1.165) is 29.6 Å². The summed E-state index contributed by atoms with van der Waals surface area (Å²) < 4.78 is 6.55. The summed E-state index contributed by atoms with van der Waals surface area (Å²) in [5.74, 6) is 0.782. The van der Waals surface area contributed by atoms with E-state index >= 15 is 0 Å². The second-order valence-electron chi connectivity index (χ2n) is 3.68. The fourth-order valence-corrected chi connectivity index (χ4v) is 2.04. The van der Waals surface area contributed by atoms with Crippen LogP contribution in [-0.4, -0.2) is 37.0 Å². The van der Waals surface area contributed by atoms with Crippen molar-refractivity contribution in [1.29, 1.82) is 0 Å². The Hall–Kier alpha value is -0.545. The summed E-state index contributed by atoms with van der Waals surface area (Å²) in [6.45, 7) is 1.60. The van der Waals surface area contributed by atoms with E-state index in [2.05, 4.69) is 20.9 Å². The van der Waals surface area contributed by atoms with E-state index in [1.165, 1.54) is 0 Å². The van der Waals surface area contributed by atoms with Gasteiger partial charge in [0.05, 0.1) is 6.20 Å². The van der Waals surface area contributed by atoms with Crippen molar-refractivity contribution in [3.05, 3.63) is 22.9 Å². The molecular formula is C10H12BBrN2O. The molecule has 0 saturated carbocycles. The Kier molecular flexibility index (Phi) is 3.64. The number of aromatic nitrogens is 1. The molecule has 1 aliphatic rings. The minimum atomic E-state index is 0.337. The second-order valence-corrected chi connectivity index (χ2v) is 4.60. The summed E-state index contributed by atoms with van der Waals surface area (Å²) in [6.07, 6.45) is 5.71. The smallest absolute Gasteiger partial charge is 0.183 e. The van der Waals surface area contributed by atoms with Crippen molar-refractivity contribution in [1.82, 2.24) is 9.79 Å².